The molecule has 3 heterocycles. The Bertz CT molecular complexity index is 1130. The third-order valence-electron chi connectivity index (χ3n) is 6.22. The smallest absolute Gasteiger partial charge is 0.341 e. The molecule has 1 saturated heterocycles. The number of nitrogens with zero attached hydrogens (tertiary/aromatic N) is 3. The number of aromatic nitrogens is 1. The first-order valence-corrected chi connectivity index (χ1v) is 9.53. The fourth-order valence-electron chi connectivity index (χ4n) is 4.75. The number of carboxylic acid groups (broad SMARTS) is 1. The Morgan fingerprint density at radius 2 is 2.17 bits per heavy atom. The topological polar surface area (TPSA) is 101 Å². The van der Waals surface area contributed by atoms with Crippen LogP contribution in [0.5, 0.6) is 5.75 Å². The number of benzene rings is 1. The summed E-state index contributed by atoms with van der Waals surface area (Å²) in [5, 5.41) is 11.0. The molecule has 0 saturated carbocycles. The quantitative estimate of drug-likeness (QED) is 0.728. The van der Waals surface area contributed by atoms with Crippen molar-refractivity contribution in [2.75, 3.05) is 36.8 Å². The van der Waals surface area contributed by atoms with Gasteiger partial charge in [0.15, 0.2) is 18.3 Å². The third kappa shape index (κ3) is 2.53. The van der Waals surface area contributed by atoms with E-state index in [1.54, 1.807) is 16.7 Å². The molecular weight excluding hydrogens is 379 g/mol. The van der Waals surface area contributed by atoms with Gasteiger partial charge in [0, 0.05) is 38.3 Å². The Kier molecular flexibility index (Phi) is 3.86. The molecule has 29 heavy (non-hydrogen) atoms. The minimum Gasteiger partial charge on any atom is -0.477 e. The largest absolute Gasteiger partial charge is 0.477 e. The minimum atomic E-state index is -1.35. The Hall–Kier alpha value is -3.07. The summed E-state index contributed by atoms with van der Waals surface area (Å²) in [7, 11) is 1.70. The van der Waals surface area contributed by atoms with Crippen LogP contribution >= 0.6 is 0 Å². The van der Waals surface area contributed by atoms with Crippen molar-refractivity contribution in [1.29, 1.82) is 0 Å². The molecule has 1 aliphatic carbocycles. The Morgan fingerprint density at radius 1 is 1.38 bits per heavy atom. The van der Waals surface area contributed by atoms with Crippen molar-refractivity contribution in [2.45, 2.75) is 12.5 Å². The summed E-state index contributed by atoms with van der Waals surface area (Å²) in [6, 6.07) is 1.15. The van der Waals surface area contributed by atoms with Crippen LogP contribution < -0.4 is 25.8 Å². The molecule has 0 unspecified atom stereocenters. The van der Waals surface area contributed by atoms with Crippen molar-refractivity contribution in [3.8, 4) is 5.75 Å². The summed E-state index contributed by atoms with van der Waals surface area (Å²) in [5.74, 6) is -1.22. The number of carboxylic acids is 1. The van der Waals surface area contributed by atoms with E-state index in [1.165, 1.54) is 6.20 Å². The summed E-state index contributed by atoms with van der Waals surface area (Å²) in [6.07, 6.45) is 6.29. The van der Waals surface area contributed by atoms with Gasteiger partial charge in [-0.05, 0) is 18.4 Å². The number of hydrogen-bond donors (Lipinski definition) is 2. The van der Waals surface area contributed by atoms with Crippen LogP contribution in [-0.2, 0) is 0 Å². The highest BCUT2D eigenvalue weighted by molar-refractivity contribution is 5.97. The number of carbonyl (C=O) groups is 1. The number of fused-ring (bicyclic) bond motifs is 1. The van der Waals surface area contributed by atoms with E-state index in [0.29, 0.717) is 24.3 Å². The van der Waals surface area contributed by atoms with Gasteiger partial charge in [-0.25, -0.2) is 9.18 Å². The van der Waals surface area contributed by atoms with Crippen molar-refractivity contribution in [1.82, 2.24) is 4.68 Å². The molecule has 1 fully saturated rings. The van der Waals surface area contributed by atoms with Crippen LogP contribution in [0.1, 0.15) is 16.8 Å². The molecular formula is C20H21FN4O4. The summed E-state index contributed by atoms with van der Waals surface area (Å²) in [5.41, 5.74) is 5.81. The van der Waals surface area contributed by atoms with Crippen LogP contribution in [-0.4, -0.2) is 48.7 Å². The van der Waals surface area contributed by atoms with Crippen LogP contribution in [0, 0.1) is 17.7 Å². The van der Waals surface area contributed by atoms with E-state index >= 15 is 4.39 Å². The summed E-state index contributed by atoms with van der Waals surface area (Å²) in [4.78, 5) is 26.1. The van der Waals surface area contributed by atoms with E-state index in [1.807, 2.05) is 4.90 Å². The monoisotopic (exact) mass is 400 g/mol. The second-order valence-electron chi connectivity index (χ2n) is 7.95. The summed E-state index contributed by atoms with van der Waals surface area (Å²) in [6.45, 7) is 1.31. The molecule has 5 rings (SSSR count). The first-order chi connectivity index (χ1) is 13.9. The SMILES string of the molecule is CN1COc2c(N3C[C@H]4[C@@H](N)CC=C[C@H]4C3)c(F)cc3c(=O)c(C(=O)O)cn1c23. The number of nitrogens with two attached hydrogens (primary N) is 1. The van der Waals surface area contributed by atoms with Crippen molar-refractivity contribution >= 4 is 22.6 Å². The molecule has 3 atom stereocenters. The predicted octanol–water partition coefficient (Wildman–Crippen LogP) is 1.10. The molecule has 0 radical (unpaired) electrons. The Morgan fingerprint density at radius 3 is 2.90 bits per heavy atom. The molecule has 1 aromatic heterocycles. The normalized spacial score (nSPS) is 25.3. The van der Waals surface area contributed by atoms with Crippen LogP contribution in [0.4, 0.5) is 10.1 Å². The van der Waals surface area contributed by atoms with Crippen molar-refractivity contribution in [2.24, 2.45) is 17.6 Å². The lowest BCUT2D eigenvalue weighted by atomic mass is 9.83. The molecule has 9 heteroatoms. The zero-order valence-corrected chi connectivity index (χ0v) is 15.8. The molecule has 3 aliphatic rings. The lowest BCUT2D eigenvalue weighted by Crippen LogP contribution is -2.40. The number of anilines is 1. The number of ether oxygens (including phenoxy) is 1. The van der Waals surface area contributed by atoms with E-state index < -0.39 is 22.8 Å². The summed E-state index contributed by atoms with van der Waals surface area (Å²) >= 11 is 0. The number of rotatable bonds is 2. The van der Waals surface area contributed by atoms with Gasteiger partial charge in [0.1, 0.15) is 16.8 Å². The van der Waals surface area contributed by atoms with Crippen LogP contribution in [0.15, 0.2) is 29.2 Å². The van der Waals surface area contributed by atoms with Crippen molar-refractivity contribution in [3.05, 3.63) is 46.0 Å². The average Bonchev–Trinajstić information content (AvgIpc) is 3.10. The maximum absolute atomic E-state index is 15.3. The zero-order chi connectivity index (χ0) is 20.4. The molecule has 152 valence electrons. The minimum absolute atomic E-state index is 0.0130. The third-order valence-corrected chi connectivity index (χ3v) is 6.22. The second kappa shape index (κ2) is 6.21. The van der Waals surface area contributed by atoms with Gasteiger partial charge in [0.25, 0.3) is 0 Å². The maximum Gasteiger partial charge on any atom is 0.341 e. The van der Waals surface area contributed by atoms with Gasteiger partial charge in [-0.1, -0.05) is 12.2 Å². The average molecular weight is 400 g/mol. The van der Waals surface area contributed by atoms with Crippen LogP contribution in [0.3, 0.4) is 0 Å². The van der Waals surface area contributed by atoms with Crippen molar-refractivity contribution in [3.63, 3.8) is 0 Å². The van der Waals surface area contributed by atoms with E-state index in [-0.39, 0.29) is 35.7 Å². The van der Waals surface area contributed by atoms with Gasteiger partial charge in [0.2, 0.25) is 5.43 Å². The van der Waals surface area contributed by atoms with Gasteiger partial charge in [-0.15, -0.1) is 0 Å². The fraction of sp³-hybridized carbons (Fsp3) is 0.400. The lowest BCUT2D eigenvalue weighted by molar-refractivity contribution is 0.0694. The fourth-order valence-corrected chi connectivity index (χ4v) is 4.75. The van der Waals surface area contributed by atoms with E-state index in [2.05, 4.69) is 12.2 Å². The number of aromatic carboxylic acids is 1. The van der Waals surface area contributed by atoms with E-state index in [0.717, 1.165) is 12.5 Å². The van der Waals surface area contributed by atoms with Gasteiger partial charge in [0.05, 0.1) is 5.39 Å². The van der Waals surface area contributed by atoms with Gasteiger partial charge < -0.3 is 20.5 Å². The van der Waals surface area contributed by atoms with Crippen LogP contribution in [0.2, 0.25) is 0 Å². The first kappa shape index (κ1) is 18.0. The van der Waals surface area contributed by atoms with Gasteiger partial charge in [-0.3, -0.25) is 14.5 Å². The molecule has 8 nitrogen and oxygen atoms in total. The number of halogens is 1. The predicted molar refractivity (Wildman–Crippen MR) is 106 cm³/mol. The highest BCUT2D eigenvalue weighted by atomic mass is 19.1. The van der Waals surface area contributed by atoms with E-state index in [9.17, 15) is 14.7 Å². The number of pyridine rings is 1. The Balaban J connectivity index is 1.72. The molecule has 1 aromatic carbocycles. The molecule has 0 amide bonds. The van der Waals surface area contributed by atoms with Crippen LogP contribution in [0.25, 0.3) is 10.9 Å². The van der Waals surface area contributed by atoms with Gasteiger partial charge >= 0.3 is 5.97 Å². The van der Waals surface area contributed by atoms with Crippen molar-refractivity contribution < 1.29 is 19.0 Å². The molecule has 0 spiro atoms. The first-order valence-electron chi connectivity index (χ1n) is 9.53. The van der Waals surface area contributed by atoms with Gasteiger partial charge in [-0.2, -0.15) is 0 Å². The molecule has 2 aromatic rings. The molecule has 0 bridgehead atoms. The standard InChI is InChI=1S/C20H21FN4O4/c1-23-9-29-19-16-11(18(26)13(20(27)28)8-25(16)23)5-14(21)17(19)24-6-10-3-2-4-15(22)12(10)7-24/h2-3,5,8,10,12,15H,4,6-7,9,22H2,1H3,(H,27,28)/t10-,12+,15-/m0/s1. The zero-order valence-electron chi connectivity index (χ0n) is 15.8. The van der Waals surface area contributed by atoms with E-state index in [4.69, 9.17) is 10.5 Å². The molecule has 2 aliphatic heterocycles. The highest BCUT2D eigenvalue weighted by Gasteiger charge is 2.39. The number of hydrogen-bond acceptors (Lipinski definition) is 6. The Labute approximate surface area is 165 Å². The summed E-state index contributed by atoms with van der Waals surface area (Å²) < 4.78 is 22.7. The highest BCUT2D eigenvalue weighted by Crippen LogP contribution is 2.43. The maximum atomic E-state index is 15.3. The molecule has 3 N–H and O–H groups in total. The second-order valence-corrected chi connectivity index (χ2v) is 7.95. The lowest BCUT2D eigenvalue weighted by Gasteiger charge is -2.33.